The Morgan fingerprint density at radius 3 is 2.83 bits per heavy atom. The van der Waals surface area contributed by atoms with Crippen LogP contribution in [-0.4, -0.2) is 32.2 Å². The second kappa shape index (κ2) is 5.73. The van der Waals surface area contributed by atoms with E-state index in [0.717, 1.165) is 0 Å². The summed E-state index contributed by atoms with van der Waals surface area (Å²) in [6.07, 6.45) is 0. The smallest absolute Gasteiger partial charge is 0.251 e. The minimum Gasteiger partial charge on any atom is -0.486 e. The Morgan fingerprint density at radius 2 is 2.11 bits per heavy atom. The standard InChI is InChI=1S/C13H18N2O3/c1-9(7-14)8-15-13(16)10-2-3-11-12(6-10)18-5-4-17-11/h2-3,6,9H,4-5,7-8,14H2,1H3,(H,15,16). The van der Waals surface area contributed by atoms with E-state index in [1.165, 1.54) is 0 Å². The topological polar surface area (TPSA) is 73.6 Å². The van der Waals surface area contributed by atoms with Crippen LogP contribution < -0.4 is 20.5 Å². The number of hydrogen-bond donors (Lipinski definition) is 2. The molecule has 0 spiro atoms. The minimum atomic E-state index is -0.118. The molecule has 1 aromatic carbocycles. The van der Waals surface area contributed by atoms with Crippen LogP contribution in [0.1, 0.15) is 17.3 Å². The number of carbonyl (C=O) groups is 1. The van der Waals surface area contributed by atoms with Gasteiger partial charge in [0.15, 0.2) is 11.5 Å². The van der Waals surface area contributed by atoms with Crippen molar-refractivity contribution in [3.63, 3.8) is 0 Å². The van der Waals surface area contributed by atoms with Gasteiger partial charge in [-0.25, -0.2) is 0 Å². The fraction of sp³-hybridized carbons (Fsp3) is 0.462. The average Bonchev–Trinajstić information content (AvgIpc) is 2.43. The average molecular weight is 250 g/mol. The van der Waals surface area contributed by atoms with Crippen molar-refractivity contribution in [2.24, 2.45) is 11.7 Å². The van der Waals surface area contributed by atoms with E-state index in [9.17, 15) is 4.79 Å². The second-order valence-corrected chi connectivity index (χ2v) is 4.41. The Labute approximate surface area is 106 Å². The third-order valence-electron chi connectivity index (χ3n) is 2.82. The molecule has 0 bridgehead atoms. The largest absolute Gasteiger partial charge is 0.486 e. The van der Waals surface area contributed by atoms with Gasteiger partial charge in [-0.2, -0.15) is 0 Å². The van der Waals surface area contributed by atoms with Crippen molar-refractivity contribution in [1.29, 1.82) is 0 Å². The monoisotopic (exact) mass is 250 g/mol. The number of benzene rings is 1. The van der Waals surface area contributed by atoms with Gasteiger partial charge in [0.1, 0.15) is 13.2 Å². The molecule has 98 valence electrons. The van der Waals surface area contributed by atoms with Crippen molar-refractivity contribution < 1.29 is 14.3 Å². The SMILES string of the molecule is CC(CN)CNC(=O)c1ccc2c(c1)OCCO2. The molecule has 0 fully saturated rings. The maximum atomic E-state index is 11.9. The Morgan fingerprint density at radius 1 is 1.39 bits per heavy atom. The van der Waals surface area contributed by atoms with Gasteiger partial charge in [0.25, 0.3) is 5.91 Å². The van der Waals surface area contributed by atoms with Gasteiger partial charge in [-0.05, 0) is 30.7 Å². The lowest BCUT2D eigenvalue weighted by Crippen LogP contribution is -2.31. The summed E-state index contributed by atoms with van der Waals surface area (Å²) in [7, 11) is 0. The van der Waals surface area contributed by atoms with Gasteiger partial charge in [0.2, 0.25) is 0 Å². The van der Waals surface area contributed by atoms with Gasteiger partial charge in [-0.15, -0.1) is 0 Å². The van der Waals surface area contributed by atoms with Crippen LogP contribution in [0.2, 0.25) is 0 Å². The van der Waals surface area contributed by atoms with Crippen LogP contribution >= 0.6 is 0 Å². The highest BCUT2D eigenvalue weighted by Gasteiger charge is 2.15. The maximum absolute atomic E-state index is 11.9. The molecule has 2 rings (SSSR count). The lowest BCUT2D eigenvalue weighted by molar-refractivity contribution is 0.0947. The van der Waals surface area contributed by atoms with E-state index in [2.05, 4.69) is 5.32 Å². The number of fused-ring (bicyclic) bond motifs is 1. The molecule has 0 saturated carbocycles. The molecule has 1 aliphatic heterocycles. The molecule has 1 aromatic rings. The van der Waals surface area contributed by atoms with Gasteiger partial charge in [0.05, 0.1) is 0 Å². The lowest BCUT2D eigenvalue weighted by Gasteiger charge is -2.18. The lowest BCUT2D eigenvalue weighted by atomic mass is 10.1. The highest BCUT2D eigenvalue weighted by atomic mass is 16.6. The summed E-state index contributed by atoms with van der Waals surface area (Å²) in [6.45, 7) is 4.18. The van der Waals surface area contributed by atoms with E-state index in [1.807, 2.05) is 6.92 Å². The quantitative estimate of drug-likeness (QED) is 0.828. The van der Waals surface area contributed by atoms with Gasteiger partial charge in [-0.3, -0.25) is 4.79 Å². The van der Waals surface area contributed by atoms with E-state index in [0.29, 0.717) is 43.4 Å². The molecule has 1 unspecified atom stereocenters. The van der Waals surface area contributed by atoms with Crippen molar-refractivity contribution in [2.75, 3.05) is 26.3 Å². The molecular formula is C13H18N2O3. The fourth-order valence-electron chi connectivity index (χ4n) is 1.64. The molecular weight excluding hydrogens is 232 g/mol. The molecule has 5 nitrogen and oxygen atoms in total. The summed E-state index contributed by atoms with van der Waals surface area (Å²) in [5.74, 6) is 1.47. The van der Waals surface area contributed by atoms with Gasteiger partial charge >= 0.3 is 0 Å². The van der Waals surface area contributed by atoms with E-state index >= 15 is 0 Å². The van der Waals surface area contributed by atoms with Crippen LogP contribution in [0.4, 0.5) is 0 Å². The first-order chi connectivity index (χ1) is 8.70. The van der Waals surface area contributed by atoms with Crippen LogP contribution in [0.25, 0.3) is 0 Å². The van der Waals surface area contributed by atoms with Crippen LogP contribution in [-0.2, 0) is 0 Å². The molecule has 5 heteroatoms. The van der Waals surface area contributed by atoms with E-state index in [1.54, 1.807) is 18.2 Å². The van der Waals surface area contributed by atoms with Gasteiger partial charge in [0, 0.05) is 12.1 Å². The Hall–Kier alpha value is -1.75. The first kappa shape index (κ1) is 12.7. The first-order valence-corrected chi connectivity index (χ1v) is 6.08. The number of rotatable bonds is 4. The predicted molar refractivity (Wildman–Crippen MR) is 68.0 cm³/mol. The Bertz CT molecular complexity index is 434. The highest BCUT2D eigenvalue weighted by molar-refractivity contribution is 5.94. The zero-order valence-corrected chi connectivity index (χ0v) is 10.4. The second-order valence-electron chi connectivity index (χ2n) is 4.41. The summed E-state index contributed by atoms with van der Waals surface area (Å²) < 4.78 is 10.8. The Balaban J connectivity index is 2.02. The number of carbonyl (C=O) groups excluding carboxylic acids is 1. The summed E-state index contributed by atoms with van der Waals surface area (Å²) >= 11 is 0. The number of nitrogens with two attached hydrogens (primary N) is 1. The molecule has 0 radical (unpaired) electrons. The third kappa shape index (κ3) is 2.92. The summed E-state index contributed by atoms with van der Waals surface area (Å²) in [5, 5.41) is 2.84. The third-order valence-corrected chi connectivity index (χ3v) is 2.82. The molecule has 18 heavy (non-hydrogen) atoms. The van der Waals surface area contributed by atoms with Crippen LogP contribution in [0.5, 0.6) is 11.5 Å². The van der Waals surface area contributed by atoms with Crippen LogP contribution in [0, 0.1) is 5.92 Å². The number of nitrogens with one attached hydrogen (secondary N) is 1. The summed E-state index contributed by atoms with van der Waals surface area (Å²) in [4.78, 5) is 11.9. The van der Waals surface area contributed by atoms with E-state index in [-0.39, 0.29) is 11.8 Å². The predicted octanol–water partition coefficient (Wildman–Crippen LogP) is 0.782. The minimum absolute atomic E-state index is 0.118. The molecule has 0 aliphatic carbocycles. The summed E-state index contributed by atoms with van der Waals surface area (Å²) in [5.41, 5.74) is 6.07. The number of amides is 1. The molecule has 3 N–H and O–H groups in total. The normalized spacial score (nSPS) is 15.0. The molecule has 1 heterocycles. The summed E-state index contributed by atoms with van der Waals surface area (Å²) in [6, 6.07) is 5.20. The van der Waals surface area contributed by atoms with Crippen LogP contribution in [0.15, 0.2) is 18.2 Å². The van der Waals surface area contributed by atoms with Crippen molar-refractivity contribution in [3.05, 3.63) is 23.8 Å². The molecule has 1 atom stereocenters. The number of hydrogen-bond acceptors (Lipinski definition) is 4. The first-order valence-electron chi connectivity index (χ1n) is 6.08. The van der Waals surface area contributed by atoms with E-state index < -0.39 is 0 Å². The molecule has 0 aromatic heterocycles. The van der Waals surface area contributed by atoms with Crippen molar-refractivity contribution >= 4 is 5.91 Å². The van der Waals surface area contributed by atoms with Gasteiger partial charge in [-0.1, -0.05) is 6.92 Å². The zero-order chi connectivity index (χ0) is 13.0. The Kier molecular flexibility index (Phi) is 4.04. The van der Waals surface area contributed by atoms with Gasteiger partial charge < -0.3 is 20.5 Å². The molecule has 0 saturated heterocycles. The van der Waals surface area contributed by atoms with E-state index in [4.69, 9.17) is 15.2 Å². The zero-order valence-electron chi connectivity index (χ0n) is 10.4. The van der Waals surface area contributed by atoms with Crippen molar-refractivity contribution in [2.45, 2.75) is 6.92 Å². The van der Waals surface area contributed by atoms with Crippen LogP contribution in [0.3, 0.4) is 0 Å². The van der Waals surface area contributed by atoms with Crippen molar-refractivity contribution in [1.82, 2.24) is 5.32 Å². The maximum Gasteiger partial charge on any atom is 0.251 e. The van der Waals surface area contributed by atoms with Crippen molar-refractivity contribution in [3.8, 4) is 11.5 Å². The molecule has 1 amide bonds. The number of ether oxygens (including phenoxy) is 2. The highest BCUT2D eigenvalue weighted by Crippen LogP contribution is 2.30. The fourth-order valence-corrected chi connectivity index (χ4v) is 1.64. The molecule has 1 aliphatic rings.